The number of carbonyl (C=O) groups is 1. The zero-order valence-electron chi connectivity index (χ0n) is 14.7. The first-order valence-electron chi connectivity index (χ1n) is 9.22. The van der Waals surface area contributed by atoms with E-state index in [1.165, 1.54) is 5.57 Å². The highest BCUT2D eigenvalue weighted by molar-refractivity contribution is 5.90. The first-order valence-corrected chi connectivity index (χ1v) is 9.22. The summed E-state index contributed by atoms with van der Waals surface area (Å²) in [6, 6.07) is 0. The van der Waals surface area contributed by atoms with Gasteiger partial charge in [0.25, 0.3) is 0 Å². The van der Waals surface area contributed by atoms with Crippen molar-refractivity contribution in [3.8, 4) is 0 Å². The Hall–Kier alpha value is -1.13. The molecule has 1 aliphatic heterocycles. The van der Waals surface area contributed by atoms with Crippen molar-refractivity contribution in [1.82, 2.24) is 0 Å². The van der Waals surface area contributed by atoms with Gasteiger partial charge in [0, 0.05) is 11.0 Å². The second kappa shape index (κ2) is 6.64. The molecule has 0 amide bonds. The summed E-state index contributed by atoms with van der Waals surface area (Å²) in [4.78, 5) is 11.7. The molecule has 2 aliphatic carbocycles. The molecule has 0 bridgehead atoms. The van der Waals surface area contributed by atoms with E-state index in [0.717, 1.165) is 50.5 Å². The lowest BCUT2D eigenvalue weighted by molar-refractivity contribution is -0.136. The molecule has 24 heavy (non-hydrogen) atoms. The minimum Gasteiger partial charge on any atom is -0.458 e. The molecule has 3 atom stereocenters. The van der Waals surface area contributed by atoms with Crippen molar-refractivity contribution in [3.05, 3.63) is 23.8 Å². The van der Waals surface area contributed by atoms with Gasteiger partial charge in [-0.2, -0.15) is 0 Å². The van der Waals surface area contributed by atoms with Crippen molar-refractivity contribution in [2.45, 2.75) is 51.9 Å². The maximum absolute atomic E-state index is 11.7. The largest absolute Gasteiger partial charge is 0.458 e. The summed E-state index contributed by atoms with van der Waals surface area (Å²) in [5.41, 5.74) is 1.74. The maximum Gasteiger partial charge on any atom is 0.334 e. The molecule has 0 saturated heterocycles. The number of aliphatic hydroxyl groups is 2. The fourth-order valence-corrected chi connectivity index (χ4v) is 5.75. The molecule has 1 heterocycles. The van der Waals surface area contributed by atoms with Crippen LogP contribution >= 0.6 is 0 Å². The molecule has 134 valence electrons. The number of fused-ring (bicyclic) bond motifs is 1. The van der Waals surface area contributed by atoms with Crippen LogP contribution in [0.4, 0.5) is 0 Å². The van der Waals surface area contributed by atoms with Crippen LogP contribution in [0.3, 0.4) is 0 Å². The topological polar surface area (TPSA) is 66.8 Å². The summed E-state index contributed by atoms with van der Waals surface area (Å²) in [6.07, 6.45) is 8.51. The molecular formula is C20H30O4. The lowest BCUT2D eigenvalue weighted by Crippen LogP contribution is -2.54. The molecule has 2 N–H and O–H groups in total. The Kier molecular flexibility index (Phi) is 4.89. The molecule has 0 aromatic rings. The lowest BCUT2D eigenvalue weighted by atomic mass is 9.46. The molecule has 4 nitrogen and oxygen atoms in total. The van der Waals surface area contributed by atoms with Crippen LogP contribution in [0.2, 0.25) is 0 Å². The Morgan fingerprint density at radius 2 is 2.08 bits per heavy atom. The highest BCUT2D eigenvalue weighted by Crippen LogP contribution is 2.61. The number of rotatable bonds is 5. The van der Waals surface area contributed by atoms with Gasteiger partial charge in [0.1, 0.15) is 6.61 Å². The van der Waals surface area contributed by atoms with Gasteiger partial charge >= 0.3 is 5.97 Å². The van der Waals surface area contributed by atoms with Gasteiger partial charge in [-0.3, -0.25) is 0 Å². The number of hydrogen-bond acceptors (Lipinski definition) is 4. The van der Waals surface area contributed by atoms with Gasteiger partial charge in [-0.15, -0.1) is 0 Å². The van der Waals surface area contributed by atoms with E-state index in [4.69, 9.17) is 4.74 Å². The van der Waals surface area contributed by atoms with Crippen LogP contribution in [0.1, 0.15) is 51.9 Å². The molecule has 2 fully saturated rings. The zero-order chi connectivity index (χ0) is 17.4. The van der Waals surface area contributed by atoms with Crippen molar-refractivity contribution in [2.24, 2.45) is 22.7 Å². The molecule has 0 unspecified atom stereocenters. The van der Waals surface area contributed by atoms with Crippen LogP contribution in [-0.4, -0.2) is 36.0 Å². The van der Waals surface area contributed by atoms with E-state index in [2.05, 4.69) is 13.5 Å². The fraction of sp³-hybridized carbons (Fsp3) is 0.750. The van der Waals surface area contributed by atoms with E-state index < -0.39 is 0 Å². The molecule has 3 rings (SSSR count). The third-order valence-electron chi connectivity index (χ3n) is 7.11. The predicted molar refractivity (Wildman–Crippen MR) is 92.2 cm³/mol. The standard InChI is InChI=1S/C20H30O4/c1-14-4-7-17-19(2,9-3-10-20(17,12-21)13-22)16(14)6-5-15-8-11-24-18(15)23/h8,16-17,21-22H,1,3-7,9-13H2,2H3/t16-,17+,19+/m1/s1. The molecule has 3 aliphatic rings. The Labute approximate surface area is 144 Å². The van der Waals surface area contributed by atoms with Crippen molar-refractivity contribution >= 4 is 5.97 Å². The number of carbonyl (C=O) groups excluding carboxylic acids is 1. The minimum absolute atomic E-state index is 0.0438. The normalized spacial score (nSPS) is 35.4. The van der Waals surface area contributed by atoms with Gasteiger partial charge in [0.15, 0.2) is 0 Å². The van der Waals surface area contributed by atoms with E-state index >= 15 is 0 Å². The van der Waals surface area contributed by atoms with Gasteiger partial charge < -0.3 is 14.9 Å². The number of allylic oxidation sites excluding steroid dienone is 1. The molecule has 0 spiro atoms. The average Bonchev–Trinajstić information content (AvgIpc) is 2.98. The lowest BCUT2D eigenvalue weighted by Gasteiger charge is -2.59. The van der Waals surface area contributed by atoms with Gasteiger partial charge in [0.2, 0.25) is 0 Å². The Morgan fingerprint density at radius 1 is 1.33 bits per heavy atom. The smallest absolute Gasteiger partial charge is 0.334 e. The van der Waals surface area contributed by atoms with E-state index in [0.29, 0.717) is 18.4 Å². The molecule has 2 saturated carbocycles. The highest BCUT2D eigenvalue weighted by Gasteiger charge is 2.55. The number of hydrogen-bond donors (Lipinski definition) is 2. The van der Waals surface area contributed by atoms with Crippen LogP contribution in [0.15, 0.2) is 23.8 Å². The van der Waals surface area contributed by atoms with Crippen LogP contribution in [-0.2, 0) is 9.53 Å². The Balaban J connectivity index is 1.82. The average molecular weight is 334 g/mol. The molecule has 0 aromatic carbocycles. The van der Waals surface area contributed by atoms with Gasteiger partial charge in [-0.25, -0.2) is 4.79 Å². The third kappa shape index (κ3) is 2.74. The van der Waals surface area contributed by atoms with E-state index in [9.17, 15) is 15.0 Å². The van der Waals surface area contributed by atoms with Gasteiger partial charge in [-0.1, -0.05) is 25.5 Å². The number of ether oxygens (including phenoxy) is 1. The number of aliphatic hydroxyl groups excluding tert-OH is 2. The second-order valence-electron chi connectivity index (χ2n) is 8.21. The predicted octanol–water partition coefficient (Wildman–Crippen LogP) is 2.99. The molecule has 0 radical (unpaired) electrons. The van der Waals surface area contributed by atoms with E-state index in [1.807, 2.05) is 6.08 Å². The Bertz CT molecular complexity index is 546. The molecular weight excluding hydrogens is 304 g/mol. The van der Waals surface area contributed by atoms with Gasteiger partial charge in [-0.05, 0) is 61.9 Å². The quantitative estimate of drug-likeness (QED) is 0.599. The Morgan fingerprint density at radius 3 is 2.71 bits per heavy atom. The third-order valence-corrected chi connectivity index (χ3v) is 7.11. The van der Waals surface area contributed by atoms with Crippen molar-refractivity contribution in [2.75, 3.05) is 19.8 Å². The first kappa shape index (κ1) is 17.7. The van der Waals surface area contributed by atoms with Crippen molar-refractivity contribution in [1.29, 1.82) is 0 Å². The second-order valence-corrected chi connectivity index (χ2v) is 8.21. The fourth-order valence-electron chi connectivity index (χ4n) is 5.75. The van der Waals surface area contributed by atoms with Crippen LogP contribution < -0.4 is 0 Å². The maximum atomic E-state index is 11.7. The summed E-state index contributed by atoms with van der Waals surface area (Å²) in [5, 5.41) is 20.1. The first-order chi connectivity index (χ1) is 11.5. The van der Waals surface area contributed by atoms with E-state index in [1.54, 1.807) is 0 Å². The SMILES string of the molecule is C=C1CC[C@@H]2C(CO)(CO)CCC[C@@]2(C)[C@@H]1CCC1=CCOC1=O. The monoisotopic (exact) mass is 334 g/mol. The molecule has 0 aromatic heterocycles. The summed E-state index contributed by atoms with van der Waals surface area (Å²) in [5.74, 6) is 0.471. The van der Waals surface area contributed by atoms with Crippen molar-refractivity contribution < 1.29 is 19.7 Å². The minimum atomic E-state index is -0.364. The van der Waals surface area contributed by atoms with Crippen LogP contribution in [0.25, 0.3) is 0 Å². The van der Waals surface area contributed by atoms with Gasteiger partial charge in [0.05, 0.1) is 13.2 Å². The van der Waals surface area contributed by atoms with Crippen LogP contribution in [0, 0.1) is 22.7 Å². The molecule has 4 heteroatoms. The summed E-state index contributed by atoms with van der Waals surface area (Å²) in [7, 11) is 0. The summed E-state index contributed by atoms with van der Waals surface area (Å²) >= 11 is 0. The van der Waals surface area contributed by atoms with Crippen molar-refractivity contribution in [3.63, 3.8) is 0 Å². The highest BCUT2D eigenvalue weighted by atomic mass is 16.5. The number of esters is 1. The zero-order valence-corrected chi connectivity index (χ0v) is 14.7. The van der Waals surface area contributed by atoms with Crippen LogP contribution in [0.5, 0.6) is 0 Å². The summed E-state index contributed by atoms with van der Waals surface area (Å²) < 4.78 is 5.01. The number of cyclic esters (lactones) is 1. The summed E-state index contributed by atoms with van der Waals surface area (Å²) in [6.45, 7) is 7.16. The van der Waals surface area contributed by atoms with E-state index in [-0.39, 0.29) is 30.0 Å².